The minimum Gasteiger partial charge on any atom is -0.457 e. The fraction of sp³-hybridized carbons (Fsp3) is 0.0968. The molecule has 0 bridgehead atoms. The van der Waals surface area contributed by atoms with Gasteiger partial charge in [0.05, 0.1) is 23.2 Å². The van der Waals surface area contributed by atoms with Gasteiger partial charge >= 0.3 is 6.18 Å². The molecule has 202 valence electrons. The molecule has 0 aliphatic rings. The molecule has 1 heterocycles. The second-order valence-corrected chi connectivity index (χ2v) is 10.3. The number of hydrogen-bond acceptors (Lipinski definition) is 4. The Hall–Kier alpha value is -4.14. The monoisotopic (exact) mass is 577 g/mol. The quantitative estimate of drug-likeness (QED) is 0.185. The number of aromatic nitrogens is 1. The molecule has 0 amide bonds. The summed E-state index contributed by atoms with van der Waals surface area (Å²) in [7, 11) is 0. The first-order chi connectivity index (χ1) is 19.2. The second-order valence-electron chi connectivity index (χ2n) is 9.00. The largest absolute Gasteiger partial charge is 0.457 e. The highest BCUT2D eigenvalue weighted by molar-refractivity contribution is 7.07. The molecule has 0 saturated heterocycles. The van der Waals surface area contributed by atoms with Crippen molar-refractivity contribution in [3.63, 3.8) is 0 Å². The van der Waals surface area contributed by atoms with E-state index in [1.54, 1.807) is 46.6 Å². The smallest absolute Gasteiger partial charge is 0.416 e. The van der Waals surface area contributed by atoms with Gasteiger partial charge < -0.3 is 4.74 Å². The third-order valence-electron chi connectivity index (χ3n) is 6.19. The van der Waals surface area contributed by atoms with Gasteiger partial charge in [0, 0.05) is 16.0 Å². The summed E-state index contributed by atoms with van der Waals surface area (Å²) in [5.41, 5.74) is 3.74. The molecule has 9 heteroatoms. The number of benzene rings is 4. The predicted molar refractivity (Wildman–Crippen MR) is 155 cm³/mol. The first kappa shape index (κ1) is 27.4. The van der Waals surface area contributed by atoms with Crippen molar-refractivity contribution < 1.29 is 17.9 Å². The third kappa shape index (κ3) is 6.35. The average Bonchev–Trinajstić information content (AvgIpc) is 3.33. The molecule has 0 unspecified atom stereocenters. The summed E-state index contributed by atoms with van der Waals surface area (Å²) in [5.74, 6) is 1.23. The molecular formula is C31H23ClF3N3OS. The Morgan fingerprint density at radius 1 is 0.875 bits per heavy atom. The van der Waals surface area contributed by atoms with Crippen LogP contribution in [0.3, 0.4) is 0 Å². The highest BCUT2D eigenvalue weighted by atomic mass is 35.5. The van der Waals surface area contributed by atoms with E-state index >= 15 is 0 Å². The number of thiazole rings is 1. The highest BCUT2D eigenvalue weighted by Crippen LogP contribution is 2.32. The maximum atomic E-state index is 13.5. The minimum atomic E-state index is -4.46. The summed E-state index contributed by atoms with van der Waals surface area (Å²) in [5, 5.41) is 7.04. The van der Waals surface area contributed by atoms with Crippen molar-refractivity contribution in [1.29, 1.82) is 0 Å². The number of halogens is 4. The molecule has 0 aliphatic heterocycles. The zero-order valence-corrected chi connectivity index (χ0v) is 23.1. The van der Waals surface area contributed by atoms with E-state index in [0.717, 1.165) is 34.5 Å². The molecular weight excluding hydrogens is 555 g/mol. The van der Waals surface area contributed by atoms with Crippen LogP contribution in [-0.4, -0.2) is 10.9 Å². The summed E-state index contributed by atoms with van der Waals surface area (Å²) in [6, 6.07) is 25.4. The summed E-state index contributed by atoms with van der Waals surface area (Å²) in [6.45, 7) is 3.98. The van der Waals surface area contributed by atoms with Gasteiger partial charge in [0.2, 0.25) is 4.80 Å². The van der Waals surface area contributed by atoms with Gasteiger partial charge in [-0.2, -0.15) is 18.3 Å². The number of rotatable bonds is 6. The van der Waals surface area contributed by atoms with Crippen LogP contribution in [0.2, 0.25) is 5.02 Å². The van der Waals surface area contributed by atoms with Crippen LogP contribution in [-0.2, 0) is 6.18 Å². The Morgan fingerprint density at radius 2 is 1.62 bits per heavy atom. The molecule has 1 aromatic heterocycles. The molecule has 0 fully saturated rings. The Bertz CT molecular complexity index is 1760. The summed E-state index contributed by atoms with van der Waals surface area (Å²) in [4.78, 5) is 5.34. The van der Waals surface area contributed by atoms with Crippen LogP contribution in [0.5, 0.6) is 11.5 Å². The molecule has 0 N–H and O–H groups in total. The van der Waals surface area contributed by atoms with Gasteiger partial charge in [-0.1, -0.05) is 48.0 Å². The van der Waals surface area contributed by atoms with Crippen molar-refractivity contribution in [3.8, 4) is 22.8 Å². The number of ether oxygens (including phenoxy) is 1. The highest BCUT2D eigenvalue weighted by Gasteiger charge is 2.30. The van der Waals surface area contributed by atoms with Crippen LogP contribution in [0.25, 0.3) is 11.3 Å². The summed E-state index contributed by atoms with van der Waals surface area (Å²) < 4.78 is 47.9. The van der Waals surface area contributed by atoms with Gasteiger partial charge in [0.1, 0.15) is 11.5 Å². The lowest BCUT2D eigenvalue weighted by molar-refractivity contribution is -0.137. The second kappa shape index (κ2) is 11.5. The van der Waals surface area contributed by atoms with Crippen LogP contribution in [0.1, 0.15) is 22.3 Å². The van der Waals surface area contributed by atoms with Gasteiger partial charge in [0.25, 0.3) is 0 Å². The molecule has 5 rings (SSSR count). The molecule has 4 nitrogen and oxygen atoms in total. The third-order valence-corrected chi connectivity index (χ3v) is 7.26. The standard InChI is InChI=1S/C31H23ClF3N3OS/c1-20-6-3-11-28(21(20)2)37-30-38(29(19-40-30)23-8-5-9-24(17-23)31(33,34)35)36-18-22-7-4-10-27(16-22)39-26-14-12-25(32)13-15-26/h3-19H,1-2H3/b36-18-,37-30?. The van der Waals surface area contributed by atoms with E-state index in [2.05, 4.69) is 5.10 Å². The van der Waals surface area contributed by atoms with Crippen LogP contribution < -0.4 is 9.54 Å². The number of aryl methyl sites for hydroxylation is 1. The summed E-state index contributed by atoms with van der Waals surface area (Å²) >= 11 is 7.26. The molecule has 5 aromatic rings. The van der Waals surface area contributed by atoms with E-state index in [0.29, 0.717) is 32.6 Å². The lowest BCUT2D eigenvalue weighted by Gasteiger charge is -2.09. The number of hydrogen-bond donors (Lipinski definition) is 0. The SMILES string of the molecule is Cc1cccc(N=c2scc(-c3cccc(C(F)(F)F)c3)n2/N=C\c2cccc(Oc3ccc(Cl)cc3)c2)c1C. The zero-order valence-electron chi connectivity index (χ0n) is 21.5. The maximum Gasteiger partial charge on any atom is 0.416 e. The fourth-order valence-electron chi connectivity index (χ4n) is 3.92. The van der Waals surface area contributed by atoms with Crippen molar-refractivity contribution in [2.45, 2.75) is 20.0 Å². The lowest BCUT2D eigenvalue weighted by Crippen LogP contribution is -2.12. The van der Waals surface area contributed by atoms with Crippen LogP contribution in [0.4, 0.5) is 18.9 Å². The Morgan fingerprint density at radius 3 is 2.40 bits per heavy atom. The van der Waals surface area contributed by atoms with Gasteiger partial charge in [0.15, 0.2) is 0 Å². The van der Waals surface area contributed by atoms with Gasteiger partial charge in [-0.3, -0.25) is 0 Å². The molecule has 0 saturated carbocycles. The normalized spacial score (nSPS) is 12.3. The lowest BCUT2D eigenvalue weighted by atomic mass is 10.1. The minimum absolute atomic E-state index is 0.380. The molecule has 40 heavy (non-hydrogen) atoms. The van der Waals surface area contributed by atoms with Crippen molar-refractivity contribution in [1.82, 2.24) is 4.68 Å². The molecule has 0 aliphatic carbocycles. The fourth-order valence-corrected chi connectivity index (χ4v) is 4.90. The summed E-state index contributed by atoms with van der Waals surface area (Å²) in [6.07, 6.45) is -2.84. The Balaban J connectivity index is 1.57. The van der Waals surface area contributed by atoms with E-state index in [1.165, 1.54) is 17.4 Å². The average molecular weight is 578 g/mol. The van der Waals surface area contributed by atoms with Gasteiger partial charge in [-0.05, 0) is 85.1 Å². The topological polar surface area (TPSA) is 38.9 Å². The van der Waals surface area contributed by atoms with Crippen molar-refractivity contribution in [2.24, 2.45) is 10.1 Å². The van der Waals surface area contributed by atoms with Gasteiger partial charge in [-0.25, -0.2) is 9.67 Å². The van der Waals surface area contributed by atoms with Gasteiger partial charge in [-0.15, -0.1) is 11.3 Å². The van der Waals surface area contributed by atoms with E-state index in [-0.39, 0.29) is 0 Å². The van der Waals surface area contributed by atoms with E-state index < -0.39 is 11.7 Å². The van der Waals surface area contributed by atoms with Crippen LogP contribution >= 0.6 is 22.9 Å². The Kier molecular flexibility index (Phi) is 7.91. The van der Waals surface area contributed by atoms with E-state index in [9.17, 15) is 13.2 Å². The molecule has 4 aromatic carbocycles. The predicted octanol–water partition coefficient (Wildman–Crippen LogP) is 9.41. The van der Waals surface area contributed by atoms with Crippen LogP contribution in [0.15, 0.2) is 106 Å². The van der Waals surface area contributed by atoms with Crippen LogP contribution in [0, 0.1) is 13.8 Å². The Labute approximate surface area is 238 Å². The molecule has 0 spiro atoms. The van der Waals surface area contributed by atoms with E-state index in [1.807, 2.05) is 56.3 Å². The maximum absolute atomic E-state index is 13.5. The van der Waals surface area contributed by atoms with E-state index in [4.69, 9.17) is 21.3 Å². The van der Waals surface area contributed by atoms with Crippen molar-refractivity contribution in [2.75, 3.05) is 0 Å². The number of nitrogens with zero attached hydrogens (tertiary/aromatic N) is 3. The van der Waals surface area contributed by atoms with Crippen molar-refractivity contribution >= 4 is 34.8 Å². The number of alkyl halides is 3. The first-order valence-corrected chi connectivity index (χ1v) is 13.5. The molecule has 0 radical (unpaired) electrons. The first-order valence-electron chi connectivity index (χ1n) is 12.2. The zero-order chi connectivity index (χ0) is 28.3. The molecule has 0 atom stereocenters. The van der Waals surface area contributed by atoms with Crippen molar-refractivity contribution in [3.05, 3.63) is 128 Å².